The normalized spacial score (nSPS) is 22.9. The molecule has 1 unspecified atom stereocenters. The molecular weight excluding hydrogens is 889 g/mol. The lowest BCUT2D eigenvalue weighted by Gasteiger charge is -2.36. The van der Waals surface area contributed by atoms with E-state index in [4.69, 9.17) is 19.2 Å². The number of amides is 4. The van der Waals surface area contributed by atoms with Gasteiger partial charge in [-0.1, -0.05) is 52.5 Å². The number of rotatable bonds is 10. The van der Waals surface area contributed by atoms with Gasteiger partial charge in [0, 0.05) is 73.2 Å². The molecule has 4 aliphatic rings. The van der Waals surface area contributed by atoms with Gasteiger partial charge in [0.25, 0.3) is 18.2 Å². The molecule has 368 valence electrons. The SMILES string of the molecule is C=CC(=O)N1CC[C@]2(C1)OCN(C(C(=O)N[C@H]1Cc3cc(cc(C(F)F)c3)-c3ccc4c(c3)c(c(-c3cccnc3[C@H](C)OC)n4CC)CC(C)(C)COC(=O)[C@@H]3CCCN(N3)C1=O)C(C)C)C2=O. The van der Waals surface area contributed by atoms with Gasteiger partial charge in [0.2, 0.25) is 11.8 Å². The van der Waals surface area contributed by atoms with Crippen LogP contribution >= 0.6 is 0 Å². The zero-order chi connectivity index (χ0) is 49.5. The third-order valence-corrected chi connectivity index (χ3v) is 14.1. The Bertz CT molecular complexity index is 2670. The predicted octanol–water partition coefficient (Wildman–Crippen LogP) is 6.68. The highest BCUT2D eigenvalue weighted by Crippen LogP contribution is 2.43. The maximum atomic E-state index is 15.0. The number of carbonyl (C=O) groups is 5. The van der Waals surface area contributed by atoms with Gasteiger partial charge in [-0.05, 0) is 97.7 Å². The van der Waals surface area contributed by atoms with Crippen molar-refractivity contribution in [2.45, 2.75) is 116 Å². The van der Waals surface area contributed by atoms with Crippen LogP contribution in [0.1, 0.15) is 95.7 Å². The second kappa shape index (κ2) is 19.8. The molecule has 4 aromatic rings. The summed E-state index contributed by atoms with van der Waals surface area (Å²) in [5.41, 5.74) is 6.81. The molecule has 15 nitrogen and oxygen atoms in total. The molecule has 0 radical (unpaired) electrons. The van der Waals surface area contributed by atoms with Crippen LogP contribution in [-0.2, 0) is 57.6 Å². The van der Waals surface area contributed by atoms with E-state index in [2.05, 4.69) is 28.8 Å². The van der Waals surface area contributed by atoms with Crippen LogP contribution in [0.3, 0.4) is 0 Å². The minimum absolute atomic E-state index is 0.00418. The number of carbonyl (C=O) groups excluding carboxylic acids is 5. The molecule has 0 aliphatic carbocycles. The Morgan fingerprint density at radius 3 is 2.57 bits per heavy atom. The fourth-order valence-corrected chi connectivity index (χ4v) is 10.5. The lowest BCUT2D eigenvalue weighted by atomic mass is 9.84. The molecule has 2 N–H and O–H groups in total. The predicted molar refractivity (Wildman–Crippen MR) is 254 cm³/mol. The summed E-state index contributed by atoms with van der Waals surface area (Å²) in [7, 11) is 1.64. The number of cyclic esters (lactones) is 1. The molecule has 3 fully saturated rings. The van der Waals surface area contributed by atoms with E-state index in [0.29, 0.717) is 42.5 Å². The second-order valence-corrected chi connectivity index (χ2v) is 19.9. The summed E-state index contributed by atoms with van der Waals surface area (Å²) in [6, 6.07) is 11.0. The number of halogens is 2. The minimum Gasteiger partial charge on any atom is -0.464 e. The number of likely N-dealkylation sites (tertiary alicyclic amines) is 1. The number of methoxy groups -OCH3 is 1. The Labute approximate surface area is 401 Å². The second-order valence-electron chi connectivity index (χ2n) is 19.9. The third kappa shape index (κ3) is 9.65. The summed E-state index contributed by atoms with van der Waals surface area (Å²) >= 11 is 0. The Morgan fingerprint density at radius 1 is 1.07 bits per heavy atom. The summed E-state index contributed by atoms with van der Waals surface area (Å²) in [4.78, 5) is 77.7. The number of aromatic nitrogens is 2. The molecule has 3 saturated heterocycles. The van der Waals surface area contributed by atoms with Gasteiger partial charge in [0.05, 0.1) is 30.6 Å². The van der Waals surface area contributed by atoms with Crippen molar-refractivity contribution >= 4 is 40.5 Å². The first-order chi connectivity index (χ1) is 32.9. The van der Waals surface area contributed by atoms with Crippen molar-refractivity contribution in [1.82, 2.24) is 35.1 Å². The van der Waals surface area contributed by atoms with Crippen molar-refractivity contribution in [2.75, 3.05) is 40.1 Å². The smallest absolute Gasteiger partial charge is 0.324 e. The Hall–Kier alpha value is -6.04. The van der Waals surface area contributed by atoms with Crippen molar-refractivity contribution < 1.29 is 47.0 Å². The molecule has 2 aromatic heterocycles. The molecule has 8 rings (SSSR count). The van der Waals surface area contributed by atoms with E-state index in [1.54, 1.807) is 33.2 Å². The zero-order valence-electron chi connectivity index (χ0n) is 40.5. The van der Waals surface area contributed by atoms with Gasteiger partial charge in [-0.25, -0.2) is 14.2 Å². The average Bonchev–Trinajstić information content (AvgIpc) is 4.01. The van der Waals surface area contributed by atoms with E-state index in [1.807, 2.05) is 51.1 Å². The topological polar surface area (TPSA) is 165 Å². The highest BCUT2D eigenvalue weighted by Gasteiger charge is 2.56. The fraction of sp³-hybridized carbons (Fsp3) is 0.500. The lowest BCUT2D eigenvalue weighted by molar-refractivity contribution is -0.155. The Balaban J connectivity index is 1.23. The number of esters is 1. The number of aryl methyl sites for hydroxylation is 1. The number of ether oxygens (including phenoxy) is 3. The first-order valence-electron chi connectivity index (χ1n) is 23.9. The van der Waals surface area contributed by atoms with E-state index in [1.165, 1.54) is 33.0 Å². The van der Waals surface area contributed by atoms with E-state index < -0.39 is 65.2 Å². The van der Waals surface area contributed by atoms with Crippen molar-refractivity contribution in [1.29, 1.82) is 0 Å². The number of benzene rings is 2. The maximum absolute atomic E-state index is 15.0. The number of hydrogen-bond acceptors (Lipinski definition) is 10. The molecule has 4 aliphatic heterocycles. The monoisotopic (exact) mass is 951 g/mol. The Morgan fingerprint density at radius 2 is 1.86 bits per heavy atom. The van der Waals surface area contributed by atoms with Gasteiger partial charge < -0.3 is 33.9 Å². The highest BCUT2D eigenvalue weighted by molar-refractivity contribution is 5.97. The maximum Gasteiger partial charge on any atom is 0.324 e. The van der Waals surface area contributed by atoms with Crippen molar-refractivity contribution in [3.63, 3.8) is 0 Å². The summed E-state index contributed by atoms with van der Waals surface area (Å²) in [6.45, 7) is 16.0. The molecule has 17 heteroatoms. The van der Waals surface area contributed by atoms with Gasteiger partial charge in [-0.2, -0.15) is 0 Å². The van der Waals surface area contributed by atoms with Crippen LogP contribution in [0.5, 0.6) is 0 Å². The standard InChI is InChI=1S/C52H63F2N7O8/c1-9-42(62)58-20-17-52(27-58)50(66)60(29-69-52)44(30(3)4)47(63)56-40-23-32-21-34(24-35(22-32)46(53)54)33-15-16-41-37(25-33)38(45(59(41)10-2)36-13-11-18-55-43(36)31(5)67-8)26-51(6,7)28-68-49(65)39-14-12-19-61(57-39)48(40)64/h9,11,13,15-16,18,21-22,24-25,30-31,39-40,44,46,57H,1,10,12,14,17,19-20,23,26-29H2,2-8H3,(H,56,63)/t31-,39-,40-,44?,52+/m0/s1. The summed E-state index contributed by atoms with van der Waals surface area (Å²) in [5.74, 6) is -3.04. The molecule has 6 bridgehead atoms. The van der Waals surface area contributed by atoms with Gasteiger partial charge in [0.1, 0.15) is 24.9 Å². The number of nitrogens with one attached hydrogen (secondary N) is 2. The largest absolute Gasteiger partial charge is 0.464 e. The van der Waals surface area contributed by atoms with Gasteiger partial charge in [0.15, 0.2) is 5.60 Å². The zero-order valence-corrected chi connectivity index (χ0v) is 40.5. The molecule has 1 spiro atoms. The van der Waals surface area contributed by atoms with Crippen LogP contribution in [0.4, 0.5) is 8.78 Å². The fourth-order valence-electron chi connectivity index (χ4n) is 10.5. The van der Waals surface area contributed by atoms with E-state index in [0.717, 1.165) is 33.4 Å². The van der Waals surface area contributed by atoms with E-state index in [9.17, 15) is 24.0 Å². The molecule has 4 amide bonds. The minimum atomic E-state index is -2.87. The average molecular weight is 952 g/mol. The number of alkyl halides is 2. The van der Waals surface area contributed by atoms with Crippen LogP contribution in [0, 0.1) is 11.3 Å². The van der Waals surface area contributed by atoms with Crippen molar-refractivity contribution in [3.8, 4) is 22.4 Å². The third-order valence-electron chi connectivity index (χ3n) is 14.1. The van der Waals surface area contributed by atoms with Crippen LogP contribution in [0.25, 0.3) is 33.3 Å². The van der Waals surface area contributed by atoms with Crippen molar-refractivity contribution in [2.24, 2.45) is 11.3 Å². The van der Waals surface area contributed by atoms with E-state index in [-0.39, 0.29) is 63.4 Å². The van der Waals surface area contributed by atoms with Gasteiger partial charge >= 0.3 is 5.97 Å². The van der Waals surface area contributed by atoms with E-state index >= 15 is 8.78 Å². The van der Waals surface area contributed by atoms with Gasteiger partial charge in [-0.3, -0.25) is 34.0 Å². The molecular formula is C52H63F2N7O8. The molecule has 5 atom stereocenters. The van der Waals surface area contributed by atoms with Gasteiger partial charge in [-0.15, -0.1) is 0 Å². The highest BCUT2D eigenvalue weighted by atomic mass is 19.3. The Kier molecular flexibility index (Phi) is 14.1. The molecule has 6 heterocycles. The quantitative estimate of drug-likeness (QED) is 0.130. The summed E-state index contributed by atoms with van der Waals surface area (Å²) in [6.07, 6.45) is 1.02. The first kappa shape index (κ1) is 49.4. The van der Waals surface area contributed by atoms with Crippen LogP contribution < -0.4 is 10.7 Å². The van der Waals surface area contributed by atoms with Crippen LogP contribution in [0.15, 0.2) is 67.4 Å². The number of nitrogens with zero attached hydrogens (tertiary/aromatic N) is 5. The number of fused-ring (bicyclic) bond motifs is 6. The number of pyridine rings is 1. The molecule has 2 aromatic carbocycles. The number of hydrazine groups is 1. The van der Waals surface area contributed by atoms with Crippen molar-refractivity contribution in [3.05, 3.63) is 89.8 Å². The van der Waals surface area contributed by atoms with Crippen LogP contribution in [0.2, 0.25) is 0 Å². The molecule has 69 heavy (non-hydrogen) atoms. The van der Waals surface area contributed by atoms with Crippen LogP contribution in [-0.4, -0.2) is 118 Å². The lowest BCUT2D eigenvalue weighted by Crippen LogP contribution is -2.62. The summed E-state index contributed by atoms with van der Waals surface area (Å²) in [5, 5.41) is 5.10. The summed E-state index contributed by atoms with van der Waals surface area (Å²) < 4.78 is 50.2. The molecule has 0 saturated carbocycles. The number of hydrogen-bond donors (Lipinski definition) is 2. The first-order valence-corrected chi connectivity index (χ1v) is 23.9.